The lowest BCUT2D eigenvalue weighted by Crippen LogP contribution is -2.50. The molecule has 1 saturated heterocycles. The van der Waals surface area contributed by atoms with Gasteiger partial charge in [0.2, 0.25) is 0 Å². The third-order valence-corrected chi connectivity index (χ3v) is 5.36. The van der Waals surface area contributed by atoms with E-state index in [0.717, 1.165) is 25.3 Å². The van der Waals surface area contributed by atoms with Crippen LogP contribution >= 0.6 is 0 Å². The quantitative estimate of drug-likeness (QED) is 0.802. The fourth-order valence-corrected chi connectivity index (χ4v) is 3.62. The Morgan fingerprint density at radius 3 is 2.29 bits per heavy atom. The number of rotatable bonds is 6. The first-order chi connectivity index (χ1) is 13.4. The lowest BCUT2D eigenvalue weighted by Gasteiger charge is -2.40. The first-order valence-corrected chi connectivity index (χ1v) is 9.37. The average molecular weight is 379 g/mol. The van der Waals surface area contributed by atoms with Crippen LogP contribution in [0.25, 0.3) is 0 Å². The van der Waals surface area contributed by atoms with E-state index >= 15 is 0 Å². The van der Waals surface area contributed by atoms with Crippen molar-refractivity contribution in [3.63, 3.8) is 0 Å². The summed E-state index contributed by atoms with van der Waals surface area (Å²) in [5, 5.41) is 28.9. The molecule has 0 bridgehead atoms. The predicted octanol–water partition coefficient (Wildman–Crippen LogP) is 2.72. The first-order valence-electron chi connectivity index (χ1n) is 9.37. The Labute approximate surface area is 165 Å². The molecule has 6 heteroatoms. The second-order valence-electron chi connectivity index (χ2n) is 7.52. The highest BCUT2D eigenvalue weighted by Crippen LogP contribution is 2.26. The van der Waals surface area contributed by atoms with Crippen LogP contribution in [0.15, 0.2) is 48.5 Å². The topological polar surface area (TPSA) is 87.8 Å². The normalized spacial score (nSPS) is 16.3. The zero-order valence-electron chi connectivity index (χ0n) is 16.0. The predicted molar refractivity (Wildman–Crippen MR) is 107 cm³/mol. The smallest absolute Gasteiger partial charge is 0.335 e. The Morgan fingerprint density at radius 1 is 1.14 bits per heavy atom. The average Bonchev–Trinajstić information content (AvgIpc) is 2.70. The molecule has 1 fully saturated rings. The van der Waals surface area contributed by atoms with E-state index < -0.39 is 11.6 Å². The molecule has 0 unspecified atom stereocenters. The van der Waals surface area contributed by atoms with E-state index in [-0.39, 0.29) is 5.56 Å². The van der Waals surface area contributed by atoms with Gasteiger partial charge in [-0.05, 0) is 54.8 Å². The van der Waals surface area contributed by atoms with Crippen molar-refractivity contribution in [2.45, 2.75) is 25.0 Å². The van der Waals surface area contributed by atoms with E-state index in [0.29, 0.717) is 24.9 Å². The second-order valence-corrected chi connectivity index (χ2v) is 7.52. The number of carbonyl (C=O) groups is 1. The standard InChI is InChI=1S/C22H25N3O3/c1-24(20-8-6-19(7-9-20)21(26)27)16-22(28)10-12-25(13-11-22)15-18-4-2-17(14-23)3-5-18/h2-9,28H,10-13,15-16H2,1H3,(H,26,27). The third kappa shape index (κ3) is 4.89. The third-order valence-electron chi connectivity index (χ3n) is 5.36. The van der Waals surface area contributed by atoms with Crippen LogP contribution in [-0.4, -0.2) is 53.4 Å². The number of aliphatic hydroxyl groups is 1. The molecule has 0 amide bonds. The number of likely N-dealkylation sites (tertiary alicyclic amines) is 1. The summed E-state index contributed by atoms with van der Waals surface area (Å²) in [5.74, 6) is -0.942. The molecular formula is C22H25N3O3. The largest absolute Gasteiger partial charge is 0.478 e. The van der Waals surface area contributed by atoms with Crippen molar-refractivity contribution < 1.29 is 15.0 Å². The molecule has 0 aliphatic carbocycles. The van der Waals surface area contributed by atoms with Crippen molar-refractivity contribution in [2.24, 2.45) is 0 Å². The molecule has 0 saturated carbocycles. The number of nitriles is 1. The van der Waals surface area contributed by atoms with Crippen LogP contribution in [0.4, 0.5) is 5.69 Å². The molecule has 6 nitrogen and oxygen atoms in total. The van der Waals surface area contributed by atoms with Crippen LogP contribution in [0.2, 0.25) is 0 Å². The van der Waals surface area contributed by atoms with Gasteiger partial charge in [0, 0.05) is 38.9 Å². The Bertz CT molecular complexity index is 848. The van der Waals surface area contributed by atoms with Gasteiger partial charge in [0.1, 0.15) is 0 Å². The van der Waals surface area contributed by atoms with Gasteiger partial charge < -0.3 is 15.1 Å². The minimum atomic E-state index is -0.942. The molecule has 0 atom stereocenters. The summed E-state index contributed by atoms with van der Waals surface area (Å²) in [6, 6.07) is 16.5. The van der Waals surface area contributed by atoms with Gasteiger partial charge in [0.05, 0.1) is 22.8 Å². The van der Waals surface area contributed by atoms with E-state index in [4.69, 9.17) is 10.4 Å². The molecule has 1 aliphatic heterocycles. The number of anilines is 1. The van der Waals surface area contributed by atoms with Gasteiger partial charge in [-0.1, -0.05) is 12.1 Å². The number of likely N-dealkylation sites (N-methyl/N-ethyl adjacent to an activating group) is 1. The van der Waals surface area contributed by atoms with E-state index in [1.54, 1.807) is 24.3 Å². The highest BCUT2D eigenvalue weighted by molar-refractivity contribution is 5.88. The van der Waals surface area contributed by atoms with Crippen LogP contribution in [0, 0.1) is 11.3 Å². The van der Waals surface area contributed by atoms with Crippen molar-refractivity contribution in [2.75, 3.05) is 31.6 Å². The summed E-state index contributed by atoms with van der Waals surface area (Å²) in [5.41, 5.74) is 2.21. The van der Waals surface area contributed by atoms with E-state index in [9.17, 15) is 9.90 Å². The lowest BCUT2D eigenvalue weighted by molar-refractivity contribution is -0.0159. The molecule has 3 rings (SSSR count). The van der Waals surface area contributed by atoms with E-state index in [2.05, 4.69) is 11.0 Å². The minimum absolute atomic E-state index is 0.256. The zero-order chi connectivity index (χ0) is 20.1. The summed E-state index contributed by atoms with van der Waals surface area (Å²) < 4.78 is 0. The van der Waals surface area contributed by atoms with Crippen LogP contribution in [-0.2, 0) is 6.54 Å². The van der Waals surface area contributed by atoms with Crippen molar-refractivity contribution in [1.29, 1.82) is 5.26 Å². The number of piperidine rings is 1. The number of carboxylic acids is 1. The summed E-state index contributed by atoms with van der Waals surface area (Å²) in [6.07, 6.45) is 1.36. The van der Waals surface area contributed by atoms with Crippen molar-refractivity contribution >= 4 is 11.7 Å². The van der Waals surface area contributed by atoms with Crippen LogP contribution in [0.1, 0.15) is 34.3 Å². The van der Waals surface area contributed by atoms with Crippen molar-refractivity contribution in [3.05, 3.63) is 65.2 Å². The SMILES string of the molecule is CN(CC1(O)CCN(Cc2ccc(C#N)cc2)CC1)c1ccc(C(=O)O)cc1. The fraction of sp³-hybridized carbons (Fsp3) is 0.364. The Balaban J connectivity index is 1.53. The maximum atomic E-state index is 11.0. The molecule has 2 N–H and O–H groups in total. The number of carboxylic acid groups (broad SMARTS) is 1. The van der Waals surface area contributed by atoms with Crippen molar-refractivity contribution in [1.82, 2.24) is 4.90 Å². The molecule has 2 aromatic carbocycles. The maximum Gasteiger partial charge on any atom is 0.335 e. The van der Waals surface area contributed by atoms with Gasteiger partial charge in [0.15, 0.2) is 0 Å². The zero-order valence-corrected chi connectivity index (χ0v) is 16.0. The maximum absolute atomic E-state index is 11.0. The summed E-state index contributed by atoms with van der Waals surface area (Å²) in [4.78, 5) is 15.3. The Hall–Kier alpha value is -2.88. The van der Waals surface area contributed by atoms with Gasteiger partial charge in [-0.15, -0.1) is 0 Å². The van der Waals surface area contributed by atoms with E-state index in [1.165, 1.54) is 5.56 Å². The second kappa shape index (κ2) is 8.42. The lowest BCUT2D eigenvalue weighted by atomic mass is 9.90. The van der Waals surface area contributed by atoms with Gasteiger partial charge in [-0.2, -0.15) is 5.26 Å². The number of hydrogen-bond acceptors (Lipinski definition) is 5. The number of hydrogen-bond donors (Lipinski definition) is 2. The van der Waals surface area contributed by atoms with Gasteiger partial charge in [0.25, 0.3) is 0 Å². The van der Waals surface area contributed by atoms with Gasteiger partial charge in [-0.3, -0.25) is 4.90 Å². The van der Waals surface area contributed by atoms with Crippen molar-refractivity contribution in [3.8, 4) is 6.07 Å². The molecule has 0 aromatic heterocycles. The highest BCUT2D eigenvalue weighted by atomic mass is 16.4. The number of benzene rings is 2. The molecule has 0 spiro atoms. The number of aromatic carboxylic acids is 1. The molecule has 1 heterocycles. The molecule has 146 valence electrons. The van der Waals surface area contributed by atoms with Crippen LogP contribution < -0.4 is 4.90 Å². The highest BCUT2D eigenvalue weighted by Gasteiger charge is 2.33. The summed E-state index contributed by atoms with van der Waals surface area (Å²) in [7, 11) is 1.91. The monoisotopic (exact) mass is 379 g/mol. The Kier molecular flexibility index (Phi) is 5.98. The van der Waals surface area contributed by atoms with E-state index in [1.807, 2.05) is 36.2 Å². The molecule has 0 radical (unpaired) electrons. The van der Waals surface area contributed by atoms with Crippen LogP contribution in [0.3, 0.4) is 0 Å². The number of nitrogens with zero attached hydrogens (tertiary/aromatic N) is 3. The molecule has 1 aliphatic rings. The Morgan fingerprint density at radius 2 is 1.75 bits per heavy atom. The van der Waals surface area contributed by atoms with Gasteiger partial charge in [-0.25, -0.2) is 4.79 Å². The minimum Gasteiger partial charge on any atom is -0.478 e. The summed E-state index contributed by atoms with van der Waals surface area (Å²) in [6.45, 7) is 2.93. The van der Waals surface area contributed by atoms with Crippen LogP contribution in [0.5, 0.6) is 0 Å². The molecule has 28 heavy (non-hydrogen) atoms. The first kappa shape index (κ1) is 19.9. The molecular weight excluding hydrogens is 354 g/mol. The van der Waals surface area contributed by atoms with Gasteiger partial charge >= 0.3 is 5.97 Å². The summed E-state index contributed by atoms with van der Waals surface area (Å²) >= 11 is 0. The molecule has 2 aromatic rings. The fourth-order valence-electron chi connectivity index (χ4n) is 3.62.